The quantitative estimate of drug-likeness (QED) is 0.801. The van der Waals surface area contributed by atoms with Gasteiger partial charge in [0.2, 0.25) is 15.9 Å². The molecule has 26 heavy (non-hydrogen) atoms. The number of rotatable bonds is 7. The summed E-state index contributed by atoms with van der Waals surface area (Å²) < 4.78 is 54.7. The van der Waals surface area contributed by atoms with Crippen LogP contribution in [-0.2, 0) is 21.2 Å². The van der Waals surface area contributed by atoms with Gasteiger partial charge < -0.3 is 4.90 Å². The van der Waals surface area contributed by atoms with Gasteiger partial charge in [-0.1, -0.05) is 25.1 Å². The van der Waals surface area contributed by atoms with Gasteiger partial charge in [0, 0.05) is 20.0 Å². The molecule has 2 rings (SSSR count). The lowest BCUT2D eigenvalue weighted by Crippen LogP contribution is -2.38. The van der Waals surface area contributed by atoms with E-state index in [0.29, 0.717) is 0 Å². The first kappa shape index (κ1) is 20.0. The zero-order valence-electron chi connectivity index (χ0n) is 14.5. The fraction of sp³-hybridized carbons (Fsp3) is 0.278. The van der Waals surface area contributed by atoms with Crippen molar-refractivity contribution in [3.63, 3.8) is 0 Å². The Morgan fingerprint density at radius 2 is 1.65 bits per heavy atom. The van der Waals surface area contributed by atoms with E-state index in [1.807, 2.05) is 6.92 Å². The number of carbonyl (C=O) groups is 1. The Balaban J connectivity index is 2.11. The van der Waals surface area contributed by atoms with Crippen LogP contribution in [0.15, 0.2) is 47.4 Å². The molecule has 0 heterocycles. The molecule has 2 aromatic rings. The number of halogens is 2. The molecule has 0 spiro atoms. The largest absolute Gasteiger partial charge is 0.306 e. The number of sulfonamides is 1. The highest BCUT2D eigenvalue weighted by Crippen LogP contribution is 2.23. The molecule has 0 atom stereocenters. The van der Waals surface area contributed by atoms with E-state index in [1.165, 1.54) is 18.2 Å². The molecule has 140 valence electrons. The first-order valence-corrected chi connectivity index (χ1v) is 9.55. The van der Waals surface area contributed by atoms with Crippen LogP contribution in [0.3, 0.4) is 0 Å². The van der Waals surface area contributed by atoms with Gasteiger partial charge in [-0.2, -0.15) is 0 Å². The topological polar surface area (TPSA) is 66.5 Å². The van der Waals surface area contributed by atoms with E-state index in [1.54, 1.807) is 12.1 Å². The fourth-order valence-electron chi connectivity index (χ4n) is 2.45. The molecular weight excluding hydrogens is 362 g/mol. The maximum Gasteiger partial charge on any atom is 0.240 e. The zero-order valence-corrected chi connectivity index (χ0v) is 15.3. The molecule has 1 N–H and O–H groups in total. The minimum absolute atomic E-state index is 0.0844. The molecule has 0 radical (unpaired) electrons. The molecule has 1 amide bonds. The number of carbonyl (C=O) groups excluding carboxylic acids is 1. The number of hydrogen-bond donors (Lipinski definition) is 1. The summed E-state index contributed by atoms with van der Waals surface area (Å²) in [5, 5.41) is 0. The first-order chi connectivity index (χ1) is 12.3. The number of nitrogens with one attached hydrogen (secondary N) is 1. The van der Waals surface area contributed by atoms with Crippen LogP contribution in [-0.4, -0.2) is 27.4 Å². The van der Waals surface area contributed by atoms with E-state index in [9.17, 15) is 22.0 Å². The average Bonchev–Trinajstić information content (AvgIpc) is 2.60. The van der Waals surface area contributed by atoms with Gasteiger partial charge in [-0.05, 0) is 36.2 Å². The van der Waals surface area contributed by atoms with Crippen LogP contribution in [0.5, 0.6) is 0 Å². The van der Waals surface area contributed by atoms with Gasteiger partial charge in [-0.3, -0.25) is 4.79 Å². The third kappa shape index (κ3) is 4.64. The lowest BCUT2D eigenvalue weighted by molar-refractivity contribution is -0.116. The Kier molecular flexibility index (Phi) is 6.44. The summed E-state index contributed by atoms with van der Waals surface area (Å²) in [7, 11) is -3.78. The minimum Gasteiger partial charge on any atom is -0.306 e. The van der Waals surface area contributed by atoms with Gasteiger partial charge >= 0.3 is 0 Å². The number of anilines is 1. The summed E-state index contributed by atoms with van der Waals surface area (Å²) in [4.78, 5) is 12.7. The van der Waals surface area contributed by atoms with Crippen LogP contribution in [0.25, 0.3) is 0 Å². The van der Waals surface area contributed by atoms with Crippen LogP contribution in [0, 0.1) is 11.6 Å². The molecule has 0 aromatic heterocycles. The summed E-state index contributed by atoms with van der Waals surface area (Å²) in [6, 6.07) is 9.66. The summed E-state index contributed by atoms with van der Waals surface area (Å²) in [5.74, 6) is -2.38. The molecule has 0 aliphatic rings. The van der Waals surface area contributed by atoms with Crippen LogP contribution >= 0.6 is 0 Å². The van der Waals surface area contributed by atoms with Crippen molar-refractivity contribution in [1.29, 1.82) is 0 Å². The smallest absolute Gasteiger partial charge is 0.240 e. The fourth-order valence-corrected chi connectivity index (χ4v) is 3.47. The number of aryl methyl sites for hydroxylation is 1. The minimum atomic E-state index is -3.78. The maximum absolute atomic E-state index is 13.9. The molecule has 8 heteroatoms. The van der Waals surface area contributed by atoms with E-state index in [2.05, 4.69) is 4.72 Å². The monoisotopic (exact) mass is 382 g/mol. The molecule has 5 nitrogen and oxygen atoms in total. The second-order valence-electron chi connectivity index (χ2n) is 5.64. The van der Waals surface area contributed by atoms with Crippen molar-refractivity contribution in [2.45, 2.75) is 25.2 Å². The Labute approximate surface area is 151 Å². The molecule has 0 aliphatic carbocycles. The second kappa shape index (κ2) is 8.37. The summed E-state index contributed by atoms with van der Waals surface area (Å²) in [6.45, 7) is 2.72. The third-order valence-corrected chi connectivity index (χ3v) is 5.33. The van der Waals surface area contributed by atoms with Gasteiger partial charge in [-0.15, -0.1) is 0 Å². The normalized spacial score (nSPS) is 11.4. The van der Waals surface area contributed by atoms with E-state index >= 15 is 0 Å². The number of nitrogens with zero attached hydrogens (tertiary/aromatic N) is 1. The first-order valence-electron chi connectivity index (χ1n) is 8.07. The molecule has 0 saturated carbocycles. The number of benzene rings is 2. The number of para-hydroxylation sites is 1. The summed E-state index contributed by atoms with van der Waals surface area (Å²) in [5.41, 5.74) is 0.508. The predicted molar refractivity (Wildman–Crippen MR) is 95.4 cm³/mol. The van der Waals surface area contributed by atoms with Crippen molar-refractivity contribution in [2.75, 3.05) is 18.0 Å². The molecule has 0 unspecified atom stereocenters. The summed E-state index contributed by atoms with van der Waals surface area (Å²) in [6.07, 6.45) is 0.787. The van der Waals surface area contributed by atoms with Crippen molar-refractivity contribution in [3.8, 4) is 0 Å². The van der Waals surface area contributed by atoms with E-state index in [4.69, 9.17) is 0 Å². The van der Waals surface area contributed by atoms with Crippen LogP contribution < -0.4 is 9.62 Å². The van der Waals surface area contributed by atoms with Crippen molar-refractivity contribution in [1.82, 2.24) is 4.72 Å². The lowest BCUT2D eigenvalue weighted by atomic mass is 10.2. The molecule has 0 aliphatic heterocycles. The molecular formula is C18H20F2N2O3S. The average molecular weight is 382 g/mol. The standard InChI is InChI=1S/C18H20F2N2O3S/c1-3-14-7-9-15(10-8-14)26(24,25)21-11-12-22(13(2)23)18-16(19)5-4-6-17(18)20/h4-10,21H,3,11-12H2,1-2H3. The Hall–Kier alpha value is -2.32. The van der Waals surface area contributed by atoms with Crippen LogP contribution in [0.1, 0.15) is 19.4 Å². The predicted octanol–water partition coefficient (Wildman–Crippen LogP) is 2.86. The van der Waals surface area contributed by atoms with Gasteiger partial charge in [0.25, 0.3) is 0 Å². The highest BCUT2D eigenvalue weighted by atomic mass is 32.2. The van der Waals surface area contributed by atoms with E-state index in [0.717, 1.165) is 35.9 Å². The van der Waals surface area contributed by atoms with Gasteiger partial charge in [0.05, 0.1) is 4.90 Å². The molecule has 0 saturated heterocycles. The Morgan fingerprint density at radius 1 is 1.08 bits per heavy atom. The molecule has 2 aromatic carbocycles. The maximum atomic E-state index is 13.9. The number of hydrogen-bond acceptors (Lipinski definition) is 3. The third-order valence-electron chi connectivity index (χ3n) is 3.86. The molecule has 0 bridgehead atoms. The van der Waals surface area contributed by atoms with Gasteiger partial charge in [0.1, 0.15) is 17.3 Å². The second-order valence-corrected chi connectivity index (χ2v) is 7.40. The van der Waals surface area contributed by atoms with Crippen molar-refractivity contribution in [2.24, 2.45) is 0 Å². The van der Waals surface area contributed by atoms with Crippen LogP contribution in [0.2, 0.25) is 0 Å². The molecule has 0 fully saturated rings. The van der Waals surface area contributed by atoms with Crippen LogP contribution in [0.4, 0.5) is 14.5 Å². The van der Waals surface area contributed by atoms with Crippen molar-refractivity contribution in [3.05, 3.63) is 59.7 Å². The van der Waals surface area contributed by atoms with E-state index < -0.39 is 33.3 Å². The SMILES string of the molecule is CCc1ccc(S(=O)(=O)NCCN(C(C)=O)c2c(F)cccc2F)cc1. The van der Waals surface area contributed by atoms with Crippen molar-refractivity contribution >= 4 is 21.6 Å². The van der Waals surface area contributed by atoms with Gasteiger partial charge in [-0.25, -0.2) is 21.9 Å². The number of amides is 1. The zero-order chi connectivity index (χ0) is 19.3. The lowest BCUT2D eigenvalue weighted by Gasteiger charge is -2.22. The highest BCUT2D eigenvalue weighted by molar-refractivity contribution is 7.89. The highest BCUT2D eigenvalue weighted by Gasteiger charge is 2.21. The summed E-state index contributed by atoms with van der Waals surface area (Å²) >= 11 is 0. The van der Waals surface area contributed by atoms with E-state index in [-0.39, 0.29) is 18.0 Å². The Bertz CT molecular complexity index is 864. The van der Waals surface area contributed by atoms with Gasteiger partial charge in [0.15, 0.2) is 0 Å². The van der Waals surface area contributed by atoms with Crippen molar-refractivity contribution < 1.29 is 22.0 Å². The Morgan fingerprint density at radius 3 is 2.15 bits per heavy atom.